The summed E-state index contributed by atoms with van der Waals surface area (Å²) < 4.78 is 0. The molecule has 3 nitrogen and oxygen atoms in total. The second kappa shape index (κ2) is 7.12. The Morgan fingerprint density at radius 3 is 2.69 bits per heavy atom. The Morgan fingerprint density at radius 1 is 1.62 bits per heavy atom. The van der Waals surface area contributed by atoms with E-state index in [1.807, 2.05) is 26.3 Å². The van der Waals surface area contributed by atoms with Gasteiger partial charge in [0.15, 0.2) is 0 Å². The SMILES string of the molecule is CNC(C)CNC(=O)c1scc(C)c1Cl.Cl. The maximum atomic E-state index is 11.7. The summed E-state index contributed by atoms with van der Waals surface area (Å²) in [4.78, 5) is 12.3. The molecule has 1 unspecified atom stereocenters. The number of hydrogen-bond acceptors (Lipinski definition) is 3. The zero-order chi connectivity index (χ0) is 11.4. The lowest BCUT2D eigenvalue weighted by Gasteiger charge is -2.10. The lowest BCUT2D eigenvalue weighted by molar-refractivity contribution is 0.0954. The predicted molar refractivity (Wildman–Crippen MR) is 72.2 cm³/mol. The van der Waals surface area contributed by atoms with Crippen molar-refractivity contribution < 1.29 is 4.79 Å². The van der Waals surface area contributed by atoms with Gasteiger partial charge in [0, 0.05) is 12.6 Å². The van der Waals surface area contributed by atoms with Gasteiger partial charge in [-0.25, -0.2) is 0 Å². The van der Waals surface area contributed by atoms with Gasteiger partial charge in [-0.2, -0.15) is 0 Å². The number of carbonyl (C=O) groups excluding carboxylic acids is 1. The number of likely N-dealkylation sites (N-methyl/N-ethyl adjacent to an activating group) is 1. The summed E-state index contributed by atoms with van der Waals surface area (Å²) in [6, 6.07) is 0.258. The first kappa shape index (κ1) is 15.7. The average Bonchev–Trinajstić information content (AvgIpc) is 2.56. The van der Waals surface area contributed by atoms with Gasteiger partial charge in [-0.1, -0.05) is 11.6 Å². The highest BCUT2D eigenvalue weighted by molar-refractivity contribution is 7.13. The molecular formula is C10H16Cl2N2OS. The Kier molecular flexibility index (Phi) is 6.99. The minimum atomic E-state index is -0.0970. The van der Waals surface area contributed by atoms with E-state index in [0.717, 1.165) is 5.56 Å². The van der Waals surface area contributed by atoms with Gasteiger partial charge in [0.1, 0.15) is 4.88 Å². The molecule has 0 spiro atoms. The van der Waals surface area contributed by atoms with E-state index in [9.17, 15) is 4.79 Å². The third-order valence-electron chi connectivity index (χ3n) is 2.17. The summed E-state index contributed by atoms with van der Waals surface area (Å²) in [5.74, 6) is -0.0970. The van der Waals surface area contributed by atoms with E-state index in [1.54, 1.807) is 0 Å². The molecule has 0 bridgehead atoms. The molecule has 0 aromatic carbocycles. The molecule has 1 aromatic heterocycles. The fraction of sp³-hybridized carbons (Fsp3) is 0.500. The summed E-state index contributed by atoms with van der Waals surface area (Å²) in [6.45, 7) is 4.50. The number of carbonyl (C=O) groups is 1. The van der Waals surface area contributed by atoms with Crippen LogP contribution in [-0.2, 0) is 0 Å². The van der Waals surface area contributed by atoms with E-state index < -0.39 is 0 Å². The van der Waals surface area contributed by atoms with Gasteiger partial charge in [-0.05, 0) is 31.8 Å². The molecule has 1 rings (SSSR count). The molecule has 0 saturated heterocycles. The van der Waals surface area contributed by atoms with Gasteiger partial charge in [0.2, 0.25) is 0 Å². The molecule has 6 heteroatoms. The monoisotopic (exact) mass is 282 g/mol. The largest absolute Gasteiger partial charge is 0.350 e. The van der Waals surface area contributed by atoms with Crippen molar-refractivity contribution in [3.05, 3.63) is 20.8 Å². The molecule has 0 saturated carbocycles. The van der Waals surface area contributed by atoms with E-state index >= 15 is 0 Å². The molecule has 2 N–H and O–H groups in total. The van der Waals surface area contributed by atoms with E-state index in [4.69, 9.17) is 11.6 Å². The van der Waals surface area contributed by atoms with Crippen molar-refractivity contribution >= 4 is 41.3 Å². The van der Waals surface area contributed by atoms with E-state index in [0.29, 0.717) is 16.4 Å². The quantitative estimate of drug-likeness (QED) is 0.891. The summed E-state index contributed by atoms with van der Waals surface area (Å²) in [6.07, 6.45) is 0. The van der Waals surface area contributed by atoms with Gasteiger partial charge in [0.05, 0.1) is 5.02 Å². The van der Waals surface area contributed by atoms with Gasteiger partial charge in [-0.3, -0.25) is 4.79 Å². The molecule has 0 fully saturated rings. The summed E-state index contributed by atoms with van der Waals surface area (Å²) in [5, 5.41) is 8.33. The van der Waals surface area contributed by atoms with Crippen molar-refractivity contribution in [1.82, 2.24) is 10.6 Å². The normalized spacial score (nSPS) is 11.8. The molecule has 0 aliphatic carbocycles. The summed E-state index contributed by atoms with van der Waals surface area (Å²) in [5.41, 5.74) is 0.952. The molecular weight excluding hydrogens is 267 g/mol. The Hall–Kier alpha value is -0.290. The molecule has 92 valence electrons. The lowest BCUT2D eigenvalue weighted by Crippen LogP contribution is -2.36. The Morgan fingerprint density at radius 2 is 2.25 bits per heavy atom. The van der Waals surface area contributed by atoms with Crippen LogP contribution in [-0.4, -0.2) is 25.5 Å². The van der Waals surface area contributed by atoms with Crippen LogP contribution < -0.4 is 10.6 Å². The van der Waals surface area contributed by atoms with Crippen LogP contribution in [0.5, 0.6) is 0 Å². The van der Waals surface area contributed by atoms with Crippen LogP contribution in [0.2, 0.25) is 5.02 Å². The molecule has 1 atom stereocenters. The molecule has 0 aliphatic rings. The molecule has 1 heterocycles. The van der Waals surface area contributed by atoms with Crippen molar-refractivity contribution in [1.29, 1.82) is 0 Å². The minimum absolute atomic E-state index is 0. The fourth-order valence-electron chi connectivity index (χ4n) is 1.01. The van der Waals surface area contributed by atoms with Crippen molar-refractivity contribution in [2.24, 2.45) is 0 Å². The van der Waals surface area contributed by atoms with Crippen LogP contribution in [0.25, 0.3) is 0 Å². The van der Waals surface area contributed by atoms with Crippen molar-refractivity contribution in [2.45, 2.75) is 19.9 Å². The number of aryl methyl sites for hydroxylation is 1. The number of nitrogens with one attached hydrogen (secondary N) is 2. The van der Waals surface area contributed by atoms with Crippen LogP contribution in [0.15, 0.2) is 5.38 Å². The molecule has 0 aliphatic heterocycles. The fourth-order valence-corrected chi connectivity index (χ4v) is 2.21. The smallest absolute Gasteiger partial charge is 0.262 e. The first-order valence-corrected chi connectivity index (χ1v) is 6.01. The lowest BCUT2D eigenvalue weighted by atomic mass is 10.3. The number of amides is 1. The topological polar surface area (TPSA) is 41.1 Å². The van der Waals surface area contributed by atoms with Gasteiger partial charge in [0.25, 0.3) is 5.91 Å². The second-order valence-electron chi connectivity index (χ2n) is 3.46. The summed E-state index contributed by atoms with van der Waals surface area (Å²) in [7, 11) is 1.86. The van der Waals surface area contributed by atoms with E-state index in [2.05, 4.69) is 10.6 Å². The van der Waals surface area contributed by atoms with Crippen molar-refractivity contribution in [3.63, 3.8) is 0 Å². The van der Waals surface area contributed by atoms with Crippen LogP contribution >= 0.6 is 35.3 Å². The zero-order valence-corrected chi connectivity index (χ0v) is 11.9. The molecule has 1 amide bonds. The molecule has 16 heavy (non-hydrogen) atoms. The highest BCUT2D eigenvalue weighted by atomic mass is 35.5. The number of hydrogen-bond donors (Lipinski definition) is 2. The van der Waals surface area contributed by atoms with E-state index in [-0.39, 0.29) is 24.4 Å². The predicted octanol–water partition coefficient (Wildman–Crippen LogP) is 2.47. The Labute approximate surface area is 111 Å². The molecule has 1 aromatic rings. The maximum Gasteiger partial charge on any atom is 0.262 e. The standard InChI is InChI=1S/C10H15ClN2OS.ClH/c1-6-5-15-9(8(6)11)10(14)13-4-7(2)12-3;/h5,7,12H,4H2,1-3H3,(H,13,14);1H. The number of rotatable bonds is 4. The van der Waals surface area contributed by atoms with Crippen LogP contribution in [0, 0.1) is 6.92 Å². The van der Waals surface area contributed by atoms with Crippen molar-refractivity contribution in [3.8, 4) is 0 Å². The first-order chi connectivity index (χ1) is 7.06. The van der Waals surface area contributed by atoms with E-state index in [1.165, 1.54) is 11.3 Å². The average molecular weight is 283 g/mol. The van der Waals surface area contributed by atoms with Gasteiger partial charge >= 0.3 is 0 Å². The van der Waals surface area contributed by atoms with Crippen molar-refractivity contribution in [2.75, 3.05) is 13.6 Å². The maximum absolute atomic E-state index is 11.7. The first-order valence-electron chi connectivity index (χ1n) is 4.75. The van der Waals surface area contributed by atoms with Crippen LogP contribution in [0.4, 0.5) is 0 Å². The van der Waals surface area contributed by atoms with Gasteiger partial charge < -0.3 is 10.6 Å². The Bertz CT molecular complexity index is 355. The Balaban J connectivity index is 0.00000225. The number of thiophene rings is 1. The molecule has 0 radical (unpaired) electrons. The van der Waals surface area contributed by atoms with Gasteiger partial charge in [-0.15, -0.1) is 23.7 Å². The van der Waals surface area contributed by atoms with Crippen LogP contribution in [0.3, 0.4) is 0 Å². The zero-order valence-electron chi connectivity index (χ0n) is 9.46. The summed E-state index contributed by atoms with van der Waals surface area (Å²) >= 11 is 7.37. The second-order valence-corrected chi connectivity index (χ2v) is 4.72. The highest BCUT2D eigenvalue weighted by Crippen LogP contribution is 2.26. The number of halogens is 2. The minimum Gasteiger partial charge on any atom is -0.350 e. The highest BCUT2D eigenvalue weighted by Gasteiger charge is 2.14. The van der Waals surface area contributed by atoms with Crippen LogP contribution in [0.1, 0.15) is 22.2 Å². The third-order valence-corrected chi connectivity index (χ3v) is 3.86. The third kappa shape index (κ3) is 3.94.